The van der Waals surface area contributed by atoms with Crippen LogP contribution in [0.5, 0.6) is 0 Å². The van der Waals surface area contributed by atoms with Crippen LogP contribution in [-0.4, -0.2) is 29.2 Å². The number of rotatable bonds is 3. The van der Waals surface area contributed by atoms with E-state index in [1.807, 2.05) is 5.32 Å². The summed E-state index contributed by atoms with van der Waals surface area (Å²) in [6, 6.07) is 1.85. The topological polar surface area (TPSA) is 127 Å². The molecule has 0 radical (unpaired) electrons. The molecule has 2 N–H and O–H groups in total. The van der Waals surface area contributed by atoms with Crippen molar-refractivity contribution >= 4 is 24.0 Å². The predicted octanol–water partition coefficient (Wildman–Crippen LogP) is -0.228. The van der Waals surface area contributed by atoms with E-state index >= 15 is 0 Å². The minimum atomic E-state index is -1.04. The van der Waals surface area contributed by atoms with Crippen molar-refractivity contribution in [2.75, 3.05) is 0 Å². The number of hydrogen-bond acceptors (Lipinski definition) is 6. The maximum absolute atomic E-state index is 11.1. The van der Waals surface area contributed by atoms with Crippen molar-refractivity contribution in [3.8, 4) is 0 Å². The number of amides is 3. The molecule has 1 aromatic rings. The third-order valence-corrected chi connectivity index (χ3v) is 1.90. The van der Waals surface area contributed by atoms with E-state index in [1.54, 1.807) is 0 Å². The first-order valence-corrected chi connectivity index (χ1v) is 4.45. The lowest BCUT2D eigenvalue weighted by Crippen LogP contribution is -2.26. The molecule has 0 spiro atoms. The average molecular weight is 238 g/mol. The highest BCUT2D eigenvalue weighted by Crippen LogP contribution is 2.14. The van der Waals surface area contributed by atoms with E-state index in [0.29, 0.717) is 0 Å². The van der Waals surface area contributed by atoms with Crippen LogP contribution in [0, 0.1) is 10.1 Å². The van der Waals surface area contributed by atoms with Gasteiger partial charge in [0.15, 0.2) is 5.76 Å². The first-order chi connectivity index (χ1) is 8.06. The first-order valence-electron chi connectivity index (χ1n) is 4.45. The van der Waals surface area contributed by atoms with Gasteiger partial charge in [-0.3, -0.25) is 25.2 Å². The van der Waals surface area contributed by atoms with Crippen LogP contribution in [0.2, 0.25) is 0 Å². The maximum Gasteiger partial charge on any atom is 0.433 e. The van der Waals surface area contributed by atoms with Crippen LogP contribution in [0.15, 0.2) is 21.5 Å². The SMILES string of the molecule is O=C1NC(=O)C(N=Cc2ccc([N+](=O)[O-])o2)N1. The molecular formula is C8H6N4O5. The van der Waals surface area contributed by atoms with Crippen molar-refractivity contribution < 1.29 is 18.9 Å². The number of aliphatic imine (C=N–C) groups is 1. The van der Waals surface area contributed by atoms with Gasteiger partial charge in [0, 0.05) is 0 Å². The molecular weight excluding hydrogens is 232 g/mol. The van der Waals surface area contributed by atoms with Gasteiger partial charge in [-0.2, -0.15) is 0 Å². The minimum Gasteiger partial charge on any atom is -0.400 e. The normalized spacial score (nSPS) is 19.4. The molecule has 0 aromatic carbocycles. The molecule has 0 saturated carbocycles. The Morgan fingerprint density at radius 3 is 2.76 bits per heavy atom. The summed E-state index contributed by atoms with van der Waals surface area (Å²) in [6.45, 7) is 0. The van der Waals surface area contributed by atoms with Crippen LogP contribution < -0.4 is 10.6 Å². The maximum atomic E-state index is 11.1. The molecule has 1 atom stereocenters. The van der Waals surface area contributed by atoms with E-state index in [2.05, 4.69) is 10.3 Å². The summed E-state index contributed by atoms with van der Waals surface area (Å²) in [6.07, 6.45) is 0.0923. The summed E-state index contributed by atoms with van der Waals surface area (Å²) >= 11 is 0. The fourth-order valence-corrected chi connectivity index (χ4v) is 1.17. The fraction of sp³-hybridized carbons (Fsp3) is 0.125. The summed E-state index contributed by atoms with van der Waals surface area (Å²) in [5, 5.41) is 14.5. The van der Waals surface area contributed by atoms with Gasteiger partial charge in [0.2, 0.25) is 6.17 Å². The number of nitrogens with zero attached hydrogens (tertiary/aromatic N) is 2. The van der Waals surface area contributed by atoms with Gasteiger partial charge >= 0.3 is 11.9 Å². The van der Waals surface area contributed by atoms with Crippen LogP contribution in [-0.2, 0) is 4.79 Å². The third kappa shape index (κ3) is 2.27. The lowest BCUT2D eigenvalue weighted by Gasteiger charge is -1.96. The number of imide groups is 1. The smallest absolute Gasteiger partial charge is 0.400 e. The van der Waals surface area contributed by atoms with Gasteiger partial charge in [-0.25, -0.2) is 4.79 Å². The number of carbonyl (C=O) groups excluding carboxylic acids is 2. The highest BCUT2D eigenvalue weighted by atomic mass is 16.6. The number of nitrogens with one attached hydrogen (secondary N) is 2. The second-order valence-electron chi connectivity index (χ2n) is 3.08. The Morgan fingerprint density at radius 2 is 2.24 bits per heavy atom. The number of furan rings is 1. The molecule has 1 saturated heterocycles. The number of carbonyl (C=O) groups is 2. The number of urea groups is 1. The van der Waals surface area contributed by atoms with Gasteiger partial charge in [-0.05, 0) is 6.07 Å². The van der Waals surface area contributed by atoms with E-state index in [1.165, 1.54) is 6.07 Å². The second-order valence-corrected chi connectivity index (χ2v) is 3.08. The van der Waals surface area contributed by atoms with Crippen molar-refractivity contribution in [2.45, 2.75) is 6.17 Å². The third-order valence-electron chi connectivity index (χ3n) is 1.90. The van der Waals surface area contributed by atoms with Gasteiger partial charge in [0.05, 0.1) is 12.3 Å². The molecule has 2 rings (SSSR count). The van der Waals surface area contributed by atoms with Crippen molar-refractivity contribution in [1.29, 1.82) is 0 Å². The summed E-state index contributed by atoms with van der Waals surface area (Å²) < 4.78 is 4.77. The van der Waals surface area contributed by atoms with Crippen molar-refractivity contribution in [3.63, 3.8) is 0 Å². The zero-order chi connectivity index (χ0) is 12.4. The minimum absolute atomic E-state index is 0.116. The molecule has 1 fully saturated rings. The van der Waals surface area contributed by atoms with Gasteiger partial charge in [-0.15, -0.1) is 0 Å². The van der Waals surface area contributed by atoms with Crippen LogP contribution in [0.3, 0.4) is 0 Å². The fourth-order valence-electron chi connectivity index (χ4n) is 1.17. The number of hydrogen-bond donors (Lipinski definition) is 2. The summed E-state index contributed by atoms with van der Waals surface area (Å²) in [5.41, 5.74) is 0. The van der Waals surface area contributed by atoms with Gasteiger partial charge in [0.1, 0.15) is 4.92 Å². The Labute approximate surface area is 93.7 Å². The first kappa shape index (κ1) is 10.8. The largest absolute Gasteiger partial charge is 0.433 e. The Hall–Kier alpha value is -2.71. The van der Waals surface area contributed by atoms with Gasteiger partial charge < -0.3 is 9.73 Å². The molecule has 1 unspecified atom stereocenters. The molecule has 0 bridgehead atoms. The predicted molar refractivity (Wildman–Crippen MR) is 53.4 cm³/mol. The van der Waals surface area contributed by atoms with Crippen LogP contribution in [0.25, 0.3) is 0 Å². The lowest BCUT2D eigenvalue weighted by molar-refractivity contribution is -0.402. The molecule has 1 aromatic heterocycles. The molecule has 1 aliphatic heterocycles. The Bertz CT molecular complexity index is 520. The molecule has 88 valence electrons. The molecule has 1 aliphatic rings. The van der Waals surface area contributed by atoms with Gasteiger partial charge in [0.25, 0.3) is 5.91 Å². The van der Waals surface area contributed by atoms with Crippen LogP contribution >= 0.6 is 0 Å². The highest BCUT2D eigenvalue weighted by molar-refractivity contribution is 6.04. The number of nitro groups is 1. The van der Waals surface area contributed by atoms with E-state index in [0.717, 1.165) is 12.3 Å². The molecule has 3 amide bonds. The van der Waals surface area contributed by atoms with Crippen LogP contribution in [0.1, 0.15) is 5.76 Å². The Morgan fingerprint density at radius 1 is 1.47 bits per heavy atom. The molecule has 0 aliphatic carbocycles. The lowest BCUT2D eigenvalue weighted by atomic mass is 10.4. The van der Waals surface area contributed by atoms with E-state index in [9.17, 15) is 19.7 Å². The van der Waals surface area contributed by atoms with Crippen molar-refractivity contribution in [1.82, 2.24) is 10.6 Å². The highest BCUT2D eigenvalue weighted by Gasteiger charge is 2.28. The molecule has 9 heteroatoms. The Kier molecular flexibility index (Phi) is 2.57. The van der Waals surface area contributed by atoms with E-state index in [4.69, 9.17) is 4.42 Å². The average Bonchev–Trinajstić information content (AvgIpc) is 2.82. The summed E-state index contributed by atoms with van der Waals surface area (Å²) in [4.78, 5) is 35.1. The Balaban J connectivity index is 2.07. The zero-order valence-electron chi connectivity index (χ0n) is 8.25. The quantitative estimate of drug-likeness (QED) is 0.325. The summed E-state index contributed by atoms with van der Waals surface area (Å²) in [7, 11) is 0. The van der Waals surface area contributed by atoms with Crippen molar-refractivity contribution in [3.05, 3.63) is 28.0 Å². The molecule has 9 nitrogen and oxygen atoms in total. The standard InChI is InChI=1S/C8H6N4O5/c13-7-6(10-8(14)11-7)9-3-4-1-2-5(17-4)12(15)16/h1-3,6H,(H2,10,11,13,14). The van der Waals surface area contributed by atoms with Crippen LogP contribution in [0.4, 0.5) is 10.7 Å². The van der Waals surface area contributed by atoms with E-state index < -0.39 is 28.9 Å². The zero-order valence-corrected chi connectivity index (χ0v) is 8.25. The molecule has 2 heterocycles. The van der Waals surface area contributed by atoms with Crippen molar-refractivity contribution in [2.24, 2.45) is 4.99 Å². The summed E-state index contributed by atoms with van der Waals surface area (Å²) in [5.74, 6) is -0.899. The molecule has 17 heavy (non-hydrogen) atoms. The van der Waals surface area contributed by atoms with Gasteiger partial charge in [-0.1, -0.05) is 0 Å². The second kappa shape index (κ2) is 4.04. The monoisotopic (exact) mass is 238 g/mol. The van der Waals surface area contributed by atoms with E-state index in [-0.39, 0.29) is 5.76 Å².